The van der Waals surface area contributed by atoms with E-state index in [1.54, 1.807) is 12.1 Å². The van der Waals surface area contributed by atoms with E-state index in [1.807, 2.05) is 6.92 Å². The Kier molecular flexibility index (Phi) is 5.73. The zero-order valence-electron chi connectivity index (χ0n) is 9.27. The third-order valence-electron chi connectivity index (χ3n) is 2.14. The summed E-state index contributed by atoms with van der Waals surface area (Å²) in [7, 11) is 0. The lowest BCUT2D eigenvalue weighted by Gasteiger charge is -2.10. The molecule has 0 heterocycles. The monoisotopic (exact) mass is 338 g/mol. The van der Waals surface area contributed by atoms with Crippen LogP contribution in [0.4, 0.5) is 5.69 Å². The lowest BCUT2D eigenvalue weighted by atomic mass is 10.2. The fourth-order valence-corrected chi connectivity index (χ4v) is 2.02. The zero-order valence-corrected chi connectivity index (χ0v) is 12.4. The lowest BCUT2D eigenvalue weighted by molar-refractivity contribution is -0.116. The smallest absolute Gasteiger partial charge is 0.224 e. The third kappa shape index (κ3) is 4.47. The van der Waals surface area contributed by atoms with Crippen LogP contribution in [0.25, 0.3) is 0 Å². The van der Waals surface area contributed by atoms with Gasteiger partial charge in [-0.25, -0.2) is 0 Å². The number of nitrogens with one attached hydrogen (secondary N) is 1. The number of nitrogens with two attached hydrogens (primary N) is 1. The SMILES string of the molecule is CC(N)CCC(=O)Nc1ccc(Br)c(Cl)c1Cl. The van der Waals surface area contributed by atoms with Gasteiger partial charge in [0.2, 0.25) is 5.91 Å². The number of benzene rings is 1. The molecule has 0 aliphatic rings. The number of hydrogen-bond donors (Lipinski definition) is 2. The van der Waals surface area contributed by atoms with E-state index in [0.717, 1.165) is 0 Å². The van der Waals surface area contributed by atoms with Crippen LogP contribution in [-0.4, -0.2) is 11.9 Å². The molecule has 0 radical (unpaired) electrons. The quantitative estimate of drug-likeness (QED) is 0.819. The van der Waals surface area contributed by atoms with Crippen LogP contribution in [0.15, 0.2) is 16.6 Å². The van der Waals surface area contributed by atoms with Gasteiger partial charge in [0.15, 0.2) is 0 Å². The molecule has 1 unspecified atom stereocenters. The second-order valence-corrected chi connectivity index (χ2v) is 5.40. The molecule has 0 bridgehead atoms. The minimum absolute atomic E-state index is 0.00438. The normalized spacial score (nSPS) is 12.3. The van der Waals surface area contributed by atoms with Gasteiger partial charge in [0, 0.05) is 16.9 Å². The maximum atomic E-state index is 11.6. The van der Waals surface area contributed by atoms with Gasteiger partial charge in [-0.3, -0.25) is 4.79 Å². The van der Waals surface area contributed by atoms with Gasteiger partial charge in [0.25, 0.3) is 0 Å². The van der Waals surface area contributed by atoms with Crippen LogP contribution in [0.2, 0.25) is 10.0 Å². The number of rotatable bonds is 4. The molecule has 3 nitrogen and oxygen atoms in total. The Morgan fingerprint density at radius 2 is 2.12 bits per heavy atom. The zero-order chi connectivity index (χ0) is 13.0. The highest BCUT2D eigenvalue weighted by Crippen LogP contribution is 2.35. The van der Waals surface area contributed by atoms with E-state index >= 15 is 0 Å². The van der Waals surface area contributed by atoms with Crippen LogP contribution in [0.1, 0.15) is 19.8 Å². The Morgan fingerprint density at radius 3 is 2.71 bits per heavy atom. The van der Waals surface area contributed by atoms with Crippen molar-refractivity contribution >= 4 is 50.7 Å². The van der Waals surface area contributed by atoms with Crippen molar-refractivity contribution in [3.63, 3.8) is 0 Å². The van der Waals surface area contributed by atoms with E-state index in [-0.39, 0.29) is 11.9 Å². The molecule has 0 fully saturated rings. The molecule has 6 heteroatoms. The minimum Gasteiger partial charge on any atom is -0.328 e. The Balaban J connectivity index is 2.69. The largest absolute Gasteiger partial charge is 0.328 e. The highest BCUT2D eigenvalue weighted by molar-refractivity contribution is 9.10. The van der Waals surface area contributed by atoms with Crippen molar-refractivity contribution in [1.29, 1.82) is 0 Å². The molecule has 0 saturated heterocycles. The number of anilines is 1. The summed E-state index contributed by atoms with van der Waals surface area (Å²) in [6, 6.07) is 3.43. The van der Waals surface area contributed by atoms with Crippen LogP contribution in [0.5, 0.6) is 0 Å². The van der Waals surface area contributed by atoms with Gasteiger partial charge in [0.05, 0.1) is 15.7 Å². The molecular formula is C11H13BrCl2N2O. The van der Waals surface area contributed by atoms with Crippen LogP contribution >= 0.6 is 39.1 Å². The molecule has 1 atom stereocenters. The summed E-state index contributed by atoms with van der Waals surface area (Å²) < 4.78 is 0.692. The van der Waals surface area contributed by atoms with Gasteiger partial charge >= 0.3 is 0 Å². The first kappa shape index (κ1) is 14.8. The van der Waals surface area contributed by atoms with E-state index in [4.69, 9.17) is 28.9 Å². The molecule has 0 spiro atoms. The van der Waals surface area contributed by atoms with Crippen molar-refractivity contribution in [3.8, 4) is 0 Å². The number of amides is 1. The predicted molar refractivity (Wildman–Crippen MR) is 75.7 cm³/mol. The second kappa shape index (κ2) is 6.59. The molecule has 1 amide bonds. The van der Waals surface area contributed by atoms with E-state index in [9.17, 15) is 4.79 Å². The standard InChI is InChI=1S/C11H13BrCl2N2O/c1-6(15)2-5-9(17)16-8-4-3-7(12)10(13)11(8)14/h3-4,6H,2,5,15H2,1H3,(H,16,17). The first-order chi connectivity index (χ1) is 7.91. The fourth-order valence-electron chi connectivity index (χ4n) is 1.19. The van der Waals surface area contributed by atoms with E-state index in [0.29, 0.717) is 33.0 Å². The van der Waals surface area contributed by atoms with Crippen molar-refractivity contribution < 1.29 is 4.79 Å². The van der Waals surface area contributed by atoms with Crippen molar-refractivity contribution in [2.24, 2.45) is 5.73 Å². The van der Waals surface area contributed by atoms with Gasteiger partial charge in [-0.05, 0) is 41.4 Å². The van der Waals surface area contributed by atoms with Crippen molar-refractivity contribution in [2.45, 2.75) is 25.8 Å². The Bertz CT molecular complexity index is 424. The fraction of sp³-hybridized carbons (Fsp3) is 0.364. The predicted octanol–water partition coefficient (Wildman–Crippen LogP) is 3.82. The first-order valence-corrected chi connectivity index (χ1v) is 6.65. The molecule has 0 aliphatic carbocycles. The van der Waals surface area contributed by atoms with Crippen molar-refractivity contribution in [2.75, 3.05) is 5.32 Å². The average Bonchev–Trinajstić information content (AvgIpc) is 2.27. The summed E-state index contributed by atoms with van der Waals surface area (Å²) in [5.74, 6) is -0.123. The molecule has 0 aliphatic heterocycles. The molecule has 1 rings (SSSR count). The number of halogens is 3. The summed E-state index contributed by atoms with van der Waals surface area (Å²) in [6.07, 6.45) is 0.995. The van der Waals surface area contributed by atoms with Crippen LogP contribution < -0.4 is 11.1 Å². The molecule has 0 saturated carbocycles. The average molecular weight is 340 g/mol. The van der Waals surface area contributed by atoms with Crippen molar-refractivity contribution in [3.05, 3.63) is 26.7 Å². The van der Waals surface area contributed by atoms with Crippen LogP contribution in [0.3, 0.4) is 0 Å². The third-order valence-corrected chi connectivity index (χ3v) is 3.91. The molecular weight excluding hydrogens is 327 g/mol. The van der Waals surface area contributed by atoms with Crippen LogP contribution in [-0.2, 0) is 4.79 Å². The van der Waals surface area contributed by atoms with Gasteiger partial charge in [0.1, 0.15) is 0 Å². The van der Waals surface area contributed by atoms with Gasteiger partial charge < -0.3 is 11.1 Å². The molecule has 1 aromatic rings. The van der Waals surface area contributed by atoms with Gasteiger partial charge in [-0.15, -0.1) is 0 Å². The molecule has 94 valence electrons. The van der Waals surface area contributed by atoms with Gasteiger partial charge in [-0.2, -0.15) is 0 Å². The number of carbonyl (C=O) groups is 1. The van der Waals surface area contributed by atoms with E-state index in [1.165, 1.54) is 0 Å². The highest BCUT2D eigenvalue weighted by atomic mass is 79.9. The van der Waals surface area contributed by atoms with E-state index < -0.39 is 0 Å². The number of carbonyl (C=O) groups excluding carboxylic acids is 1. The summed E-state index contributed by atoms with van der Waals surface area (Å²) in [4.78, 5) is 11.6. The summed E-state index contributed by atoms with van der Waals surface area (Å²) in [5.41, 5.74) is 6.08. The Morgan fingerprint density at radius 1 is 1.47 bits per heavy atom. The summed E-state index contributed by atoms with van der Waals surface area (Å²) in [6.45, 7) is 1.86. The second-order valence-electron chi connectivity index (χ2n) is 3.79. The van der Waals surface area contributed by atoms with Gasteiger partial charge in [-0.1, -0.05) is 23.2 Å². The van der Waals surface area contributed by atoms with E-state index in [2.05, 4.69) is 21.2 Å². The maximum absolute atomic E-state index is 11.6. The Hall–Kier alpha value is -0.290. The highest BCUT2D eigenvalue weighted by Gasteiger charge is 2.11. The topological polar surface area (TPSA) is 55.1 Å². The lowest BCUT2D eigenvalue weighted by Crippen LogP contribution is -2.19. The van der Waals surface area contributed by atoms with Crippen LogP contribution in [0, 0.1) is 0 Å². The minimum atomic E-state index is -0.123. The molecule has 17 heavy (non-hydrogen) atoms. The van der Waals surface area contributed by atoms with Crippen molar-refractivity contribution in [1.82, 2.24) is 0 Å². The number of hydrogen-bond acceptors (Lipinski definition) is 2. The molecule has 1 aromatic carbocycles. The summed E-state index contributed by atoms with van der Waals surface area (Å²) in [5, 5.41) is 3.42. The maximum Gasteiger partial charge on any atom is 0.224 e. The Labute approximate surface area is 119 Å². The first-order valence-electron chi connectivity index (χ1n) is 5.10. The molecule has 3 N–H and O–H groups in total. The molecule has 0 aromatic heterocycles. The summed E-state index contributed by atoms with van der Waals surface area (Å²) >= 11 is 15.2.